The van der Waals surface area contributed by atoms with Crippen molar-refractivity contribution in [3.05, 3.63) is 57.1 Å². The lowest BCUT2D eigenvalue weighted by Gasteiger charge is -2.14. The van der Waals surface area contributed by atoms with Crippen molar-refractivity contribution in [2.75, 3.05) is 39.3 Å². The van der Waals surface area contributed by atoms with Crippen LogP contribution in [0.25, 0.3) is 0 Å². The Labute approximate surface area is 192 Å². The molecule has 0 unspecified atom stereocenters. The molecule has 0 spiro atoms. The number of aryl methyl sites for hydroxylation is 1. The Morgan fingerprint density at radius 1 is 1.06 bits per heavy atom. The van der Waals surface area contributed by atoms with Crippen molar-refractivity contribution >= 4 is 23.2 Å². The lowest BCUT2D eigenvalue weighted by atomic mass is 10.1. The molecule has 0 saturated heterocycles. The third-order valence-corrected chi connectivity index (χ3v) is 4.68. The molecule has 2 N–H and O–H groups in total. The minimum atomic E-state index is -0.691. The van der Waals surface area contributed by atoms with Crippen LogP contribution in [0.15, 0.2) is 30.3 Å². The maximum absolute atomic E-state index is 12.9. The second kappa shape index (κ2) is 11.8. The van der Waals surface area contributed by atoms with Crippen LogP contribution in [0.2, 0.25) is 0 Å². The highest BCUT2D eigenvalue weighted by atomic mass is 16.6. The molecule has 0 radical (unpaired) electrons. The van der Waals surface area contributed by atoms with Gasteiger partial charge in [-0.15, -0.1) is 0 Å². The molecule has 2 aromatic rings. The lowest BCUT2D eigenvalue weighted by molar-refractivity contribution is -0.385. The first-order chi connectivity index (χ1) is 15.7. The van der Waals surface area contributed by atoms with Gasteiger partial charge in [0.15, 0.2) is 11.5 Å². The fourth-order valence-electron chi connectivity index (χ4n) is 2.92. The highest BCUT2D eigenvalue weighted by molar-refractivity contribution is 6.08. The molecular formula is C23H29N3O7. The summed E-state index contributed by atoms with van der Waals surface area (Å²) in [4.78, 5) is 36.1. The molecule has 2 aromatic carbocycles. The van der Waals surface area contributed by atoms with Gasteiger partial charge in [-0.1, -0.05) is 13.8 Å². The van der Waals surface area contributed by atoms with Crippen molar-refractivity contribution in [2.45, 2.75) is 20.8 Å². The molecule has 0 bridgehead atoms. The molecule has 10 nitrogen and oxygen atoms in total. The molecule has 0 fully saturated rings. The number of benzene rings is 2. The maximum Gasteiger partial charge on any atom is 0.286 e. The zero-order valence-corrected chi connectivity index (χ0v) is 19.4. The number of carbonyl (C=O) groups excluding carboxylic acids is 2. The predicted octanol–water partition coefficient (Wildman–Crippen LogP) is 3.58. The van der Waals surface area contributed by atoms with Gasteiger partial charge in [-0.2, -0.15) is 0 Å². The standard InChI is InChI=1S/C23H29N3O7/c1-14(2)13-24-22(27)16-6-7-18(15(3)10-16)25-23(28)17-11-20(32-5)21(33-9-8-31-4)12-19(17)26(29)30/h6-7,10-12,14H,8-9,13H2,1-5H3,(H,24,27)(H,25,28). The topological polar surface area (TPSA) is 129 Å². The van der Waals surface area contributed by atoms with Crippen molar-refractivity contribution in [3.63, 3.8) is 0 Å². The number of anilines is 1. The van der Waals surface area contributed by atoms with Gasteiger partial charge in [0.05, 0.1) is 24.7 Å². The average molecular weight is 459 g/mol. The molecule has 0 atom stereocenters. The van der Waals surface area contributed by atoms with E-state index in [-0.39, 0.29) is 36.2 Å². The summed E-state index contributed by atoms with van der Waals surface area (Å²) < 4.78 is 15.6. The molecular weight excluding hydrogens is 430 g/mol. The van der Waals surface area contributed by atoms with Crippen molar-refractivity contribution in [2.24, 2.45) is 5.92 Å². The fraction of sp³-hybridized carbons (Fsp3) is 0.391. The van der Waals surface area contributed by atoms with Gasteiger partial charge in [0.1, 0.15) is 12.2 Å². The van der Waals surface area contributed by atoms with Gasteiger partial charge in [-0.3, -0.25) is 19.7 Å². The number of nitrogens with one attached hydrogen (secondary N) is 2. The number of hydrogen-bond donors (Lipinski definition) is 2. The van der Waals surface area contributed by atoms with E-state index in [1.165, 1.54) is 20.3 Å². The summed E-state index contributed by atoms with van der Waals surface area (Å²) in [5.41, 5.74) is 0.900. The number of amides is 2. The van der Waals surface area contributed by atoms with Gasteiger partial charge < -0.3 is 24.8 Å². The lowest BCUT2D eigenvalue weighted by Crippen LogP contribution is -2.27. The number of hydrogen-bond acceptors (Lipinski definition) is 7. The quantitative estimate of drug-likeness (QED) is 0.298. The molecule has 0 heterocycles. The first-order valence-corrected chi connectivity index (χ1v) is 10.4. The highest BCUT2D eigenvalue weighted by Crippen LogP contribution is 2.35. The van der Waals surface area contributed by atoms with Crippen molar-refractivity contribution < 1.29 is 28.7 Å². The van der Waals surface area contributed by atoms with Gasteiger partial charge in [-0.05, 0) is 36.6 Å². The van der Waals surface area contributed by atoms with E-state index in [1.807, 2.05) is 13.8 Å². The van der Waals surface area contributed by atoms with Crippen molar-refractivity contribution in [1.29, 1.82) is 0 Å². The van der Waals surface area contributed by atoms with E-state index in [0.717, 1.165) is 6.07 Å². The number of methoxy groups -OCH3 is 2. The van der Waals surface area contributed by atoms with Crippen LogP contribution in [0.4, 0.5) is 11.4 Å². The van der Waals surface area contributed by atoms with Gasteiger partial charge in [0.25, 0.3) is 17.5 Å². The number of nitrogens with zero attached hydrogens (tertiary/aromatic N) is 1. The number of carbonyl (C=O) groups is 2. The first kappa shape index (κ1) is 25.6. The summed E-state index contributed by atoms with van der Waals surface area (Å²) in [6, 6.07) is 7.23. The third kappa shape index (κ3) is 6.91. The molecule has 0 aliphatic carbocycles. The Kier molecular flexibility index (Phi) is 9.17. The molecule has 33 heavy (non-hydrogen) atoms. The third-order valence-electron chi connectivity index (χ3n) is 4.68. The van der Waals surface area contributed by atoms with E-state index in [2.05, 4.69) is 10.6 Å². The Balaban J connectivity index is 2.28. The zero-order valence-electron chi connectivity index (χ0n) is 19.4. The van der Waals surface area contributed by atoms with Crippen LogP contribution in [0.3, 0.4) is 0 Å². The van der Waals surface area contributed by atoms with E-state index in [1.54, 1.807) is 25.1 Å². The van der Waals surface area contributed by atoms with Gasteiger partial charge in [0.2, 0.25) is 0 Å². The summed E-state index contributed by atoms with van der Waals surface area (Å²) in [6.45, 7) is 6.71. The van der Waals surface area contributed by atoms with Crippen molar-refractivity contribution in [1.82, 2.24) is 5.32 Å². The monoisotopic (exact) mass is 459 g/mol. The molecule has 178 valence electrons. The Hall–Kier alpha value is -3.66. The second-order valence-electron chi connectivity index (χ2n) is 7.71. The van der Waals surface area contributed by atoms with Crippen molar-refractivity contribution in [3.8, 4) is 11.5 Å². The molecule has 0 aliphatic heterocycles. The smallest absolute Gasteiger partial charge is 0.286 e. The van der Waals surface area contributed by atoms with Crippen LogP contribution in [-0.4, -0.2) is 50.7 Å². The number of nitro benzene ring substituents is 1. The van der Waals surface area contributed by atoms with Crippen LogP contribution in [0.5, 0.6) is 11.5 Å². The molecule has 0 saturated carbocycles. The zero-order chi connectivity index (χ0) is 24.5. The van der Waals surface area contributed by atoms with E-state index in [9.17, 15) is 19.7 Å². The number of nitro groups is 1. The van der Waals surface area contributed by atoms with E-state index in [4.69, 9.17) is 14.2 Å². The minimum absolute atomic E-state index is 0.130. The maximum atomic E-state index is 12.9. The second-order valence-corrected chi connectivity index (χ2v) is 7.71. The molecule has 10 heteroatoms. The van der Waals surface area contributed by atoms with Gasteiger partial charge in [0, 0.05) is 31.0 Å². The van der Waals surface area contributed by atoms with Crippen LogP contribution in [0.1, 0.15) is 40.1 Å². The predicted molar refractivity (Wildman–Crippen MR) is 123 cm³/mol. The van der Waals surface area contributed by atoms with E-state index in [0.29, 0.717) is 29.3 Å². The van der Waals surface area contributed by atoms with Crippen LogP contribution < -0.4 is 20.1 Å². The van der Waals surface area contributed by atoms with E-state index < -0.39 is 16.5 Å². The fourth-order valence-corrected chi connectivity index (χ4v) is 2.92. The van der Waals surface area contributed by atoms with E-state index >= 15 is 0 Å². The molecule has 2 amide bonds. The average Bonchev–Trinajstić information content (AvgIpc) is 2.78. The Morgan fingerprint density at radius 3 is 2.36 bits per heavy atom. The summed E-state index contributed by atoms with van der Waals surface area (Å²) in [5, 5.41) is 17.1. The Morgan fingerprint density at radius 2 is 1.79 bits per heavy atom. The summed E-state index contributed by atoms with van der Waals surface area (Å²) in [6.07, 6.45) is 0. The molecule has 0 aromatic heterocycles. The van der Waals surface area contributed by atoms with Crippen LogP contribution in [-0.2, 0) is 4.74 Å². The number of ether oxygens (including phenoxy) is 3. The molecule has 0 aliphatic rings. The van der Waals surface area contributed by atoms with Gasteiger partial charge in [-0.25, -0.2) is 0 Å². The summed E-state index contributed by atoms with van der Waals surface area (Å²) in [5.74, 6) is -0.280. The van der Waals surface area contributed by atoms with Crippen LogP contribution >= 0.6 is 0 Å². The first-order valence-electron chi connectivity index (χ1n) is 10.4. The minimum Gasteiger partial charge on any atom is -0.493 e. The number of rotatable bonds is 11. The Bertz CT molecular complexity index is 1020. The normalized spacial score (nSPS) is 10.6. The van der Waals surface area contributed by atoms with Crippen LogP contribution in [0, 0.1) is 23.0 Å². The van der Waals surface area contributed by atoms with Gasteiger partial charge >= 0.3 is 0 Å². The SMILES string of the molecule is COCCOc1cc([N+](=O)[O-])c(C(=O)Nc2ccc(C(=O)NCC(C)C)cc2C)cc1OC. The largest absolute Gasteiger partial charge is 0.493 e. The molecule has 2 rings (SSSR count). The summed E-state index contributed by atoms with van der Waals surface area (Å²) in [7, 11) is 2.88. The summed E-state index contributed by atoms with van der Waals surface area (Å²) >= 11 is 0. The highest BCUT2D eigenvalue weighted by Gasteiger charge is 2.25.